The molecule has 0 heterocycles. The summed E-state index contributed by atoms with van der Waals surface area (Å²) in [5.74, 6) is -2.53. The average molecular weight is 679 g/mol. The molecule has 0 aliphatic heterocycles. The van der Waals surface area contributed by atoms with Gasteiger partial charge < -0.3 is 20.0 Å². The van der Waals surface area contributed by atoms with E-state index in [9.17, 15) is 19.8 Å². The number of carboxylic acid groups (broad SMARTS) is 2. The molecule has 0 unspecified atom stereocenters. The van der Waals surface area contributed by atoms with E-state index in [1.54, 1.807) is 36.4 Å². The summed E-state index contributed by atoms with van der Waals surface area (Å²) in [5, 5.41) is 36.8. The van der Waals surface area contributed by atoms with Crippen molar-refractivity contribution in [2.24, 2.45) is 0 Å². The number of para-hydroxylation sites is 2. The second kappa shape index (κ2) is 15.7. The van der Waals surface area contributed by atoms with Crippen LogP contribution >= 0.6 is 0 Å². The van der Waals surface area contributed by atoms with Crippen molar-refractivity contribution in [3.8, 4) is 23.3 Å². The summed E-state index contributed by atoms with van der Waals surface area (Å²) < 4.78 is 0. The van der Waals surface area contributed by atoms with Gasteiger partial charge in [-0.25, -0.2) is 9.59 Å². The molecule has 2 N–H and O–H groups in total. The molecule has 0 aliphatic rings. The maximum absolute atomic E-state index is 11.3. The van der Waals surface area contributed by atoms with Gasteiger partial charge in [-0.05, 0) is 107 Å². The molecule has 0 amide bonds. The number of rotatable bonds is 11. The summed E-state index contributed by atoms with van der Waals surface area (Å²) >= 11 is 0. The predicted octanol–water partition coefficient (Wildman–Crippen LogP) is 10.3. The van der Waals surface area contributed by atoms with E-state index in [0.29, 0.717) is 11.1 Å². The van der Waals surface area contributed by atoms with Crippen molar-refractivity contribution in [1.82, 2.24) is 0 Å². The van der Waals surface area contributed by atoms with E-state index in [4.69, 9.17) is 10.5 Å². The third-order valence-corrected chi connectivity index (χ3v) is 8.24. The zero-order chi connectivity index (χ0) is 36.5. The van der Waals surface area contributed by atoms with E-state index >= 15 is 0 Å². The molecule has 0 aromatic heterocycles. The van der Waals surface area contributed by atoms with Crippen LogP contribution in [0.1, 0.15) is 11.1 Å². The third kappa shape index (κ3) is 7.79. The third-order valence-electron chi connectivity index (χ3n) is 8.24. The second-order valence-electron chi connectivity index (χ2n) is 11.6. The molecule has 0 fully saturated rings. The van der Waals surface area contributed by atoms with Crippen molar-refractivity contribution < 1.29 is 19.8 Å². The van der Waals surface area contributed by atoms with Crippen LogP contribution in [0, 0.1) is 22.7 Å². The summed E-state index contributed by atoms with van der Waals surface area (Å²) in [6.07, 6.45) is 2.70. The van der Waals surface area contributed by atoms with Crippen LogP contribution in [0.25, 0.3) is 23.3 Å². The topological polar surface area (TPSA) is 129 Å². The SMILES string of the molecule is N#C/C(=C/c1ccc(N(c2ccccc2)c2ccc(-c3ccc(N(c4ccccc4)c4ccc(/C=C(\C#N)C(=O)O)cc4)cc3)cc2)cc1)C(=O)O. The van der Waals surface area contributed by atoms with Crippen molar-refractivity contribution in [1.29, 1.82) is 10.5 Å². The quantitative estimate of drug-likeness (QED) is 0.102. The van der Waals surface area contributed by atoms with Gasteiger partial charge in [0.2, 0.25) is 0 Å². The first-order valence-corrected chi connectivity index (χ1v) is 16.2. The van der Waals surface area contributed by atoms with Gasteiger partial charge in [0.15, 0.2) is 0 Å². The van der Waals surface area contributed by atoms with Crippen LogP contribution in [-0.2, 0) is 9.59 Å². The van der Waals surface area contributed by atoms with Crippen LogP contribution in [-0.4, -0.2) is 22.2 Å². The lowest BCUT2D eigenvalue weighted by atomic mass is 10.0. The lowest BCUT2D eigenvalue weighted by Crippen LogP contribution is -2.10. The Morgan fingerprint density at radius 1 is 0.423 bits per heavy atom. The first kappa shape index (κ1) is 34.2. The van der Waals surface area contributed by atoms with Crippen LogP contribution in [0.5, 0.6) is 0 Å². The normalized spacial score (nSPS) is 11.2. The molecule has 0 atom stereocenters. The van der Waals surface area contributed by atoms with Crippen molar-refractivity contribution in [2.45, 2.75) is 0 Å². The average Bonchev–Trinajstić information content (AvgIpc) is 3.18. The van der Waals surface area contributed by atoms with E-state index in [2.05, 4.69) is 58.3 Å². The highest BCUT2D eigenvalue weighted by Gasteiger charge is 2.15. The molecule has 6 aromatic carbocycles. The first-order chi connectivity index (χ1) is 25.3. The number of nitrogens with zero attached hydrogens (tertiary/aromatic N) is 4. The first-order valence-electron chi connectivity index (χ1n) is 16.2. The van der Waals surface area contributed by atoms with E-state index < -0.39 is 11.9 Å². The summed E-state index contributed by atoms with van der Waals surface area (Å²) in [7, 11) is 0. The minimum absolute atomic E-state index is 0.332. The lowest BCUT2D eigenvalue weighted by Gasteiger charge is -2.26. The molecular weight excluding hydrogens is 649 g/mol. The second-order valence-corrected chi connectivity index (χ2v) is 11.6. The van der Waals surface area contributed by atoms with Gasteiger partial charge in [0.25, 0.3) is 0 Å². The minimum atomic E-state index is -1.27. The van der Waals surface area contributed by atoms with Crippen LogP contribution in [0.3, 0.4) is 0 Å². The largest absolute Gasteiger partial charge is 0.477 e. The van der Waals surface area contributed by atoms with Crippen molar-refractivity contribution in [3.05, 3.63) is 180 Å². The molecule has 6 rings (SSSR count). The smallest absolute Gasteiger partial charge is 0.346 e. The van der Waals surface area contributed by atoms with Crippen LogP contribution in [0.4, 0.5) is 34.1 Å². The maximum Gasteiger partial charge on any atom is 0.346 e. The summed E-state index contributed by atoms with van der Waals surface area (Å²) in [4.78, 5) is 26.8. The molecule has 0 saturated carbocycles. The zero-order valence-corrected chi connectivity index (χ0v) is 27.7. The van der Waals surface area contributed by atoms with Gasteiger partial charge in [-0.1, -0.05) is 84.9 Å². The monoisotopic (exact) mass is 678 g/mol. The number of aliphatic carboxylic acids is 2. The molecule has 8 nitrogen and oxygen atoms in total. The molecule has 250 valence electrons. The van der Waals surface area contributed by atoms with Crippen molar-refractivity contribution >= 4 is 58.2 Å². The molecule has 8 heteroatoms. The zero-order valence-electron chi connectivity index (χ0n) is 27.7. The maximum atomic E-state index is 11.3. The Labute approximate surface area is 300 Å². The Kier molecular flexibility index (Phi) is 10.3. The van der Waals surface area contributed by atoms with E-state index in [1.165, 1.54) is 12.2 Å². The molecule has 52 heavy (non-hydrogen) atoms. The molecule has 6 aromatic rings. The molecule has 0 spiro atoms. The van der Waals surface area contributed by atoms with Gasteiger partial charge in [0, 0.05) is 34.1 Å². The van der Waals surface area contributed by atoms with Crippen LogP contribution in [0.15, 0.2) is 169 Å². The molecular formula is C44H30N4O4. The highest BCUT2D eigenvalue weighted by Crippen LogP contribution is 2.38. The number of nitriles is 2. The van der Waals surface area contributed by atoms with Crippen LogP contribution < -0.4 is 9.80 Å². The number of anilines is 6. The number of benzene rings is 6. The minimum Gasteiger partial charge on any atom is -0.477 e. The Hall–Kier alpha value is -7.68. The van der Waals surface area contributed by atoms with Gasteiger partial charge in [-0.2, -0.15) is 10.5 Å². The van der Waals surface area contributed by atoms with E-state index in [-0.39, 0.29) is 11.1 Å². The molecule has 0 aliphatic carbocycles. The lowest BCUT2D eigenvalue weighted by molar-refractivity contribution is -0.133. The summed E-state index contributed by atoms with van der Waals surface area (Å²) in [5.41, 5.74) is 8.09. The predicted molar refractivity (Wildman–Crippen MR) is 204 cm³/mol. The van der Waals surface area contributed by atoms with Gasteiger partial charge >= 0.3 is 11.9 Å². The summed E-state index contributed by atoms with van der Waals surface area (Å²) in [6.45, 7) is 0. The van der Waals surface area contributed by atoms with Gasteiger partial charge in [-0.3, -0.25) is 0 Å². The van der Waals surface area contributed by atoms with E-state index in [0.717, 1.165) is 45.3 Å². The highest BCUT2D eigenvalue weighted by molar-refractivity contribution is 5.97. The van der Waals surface area contributed by atoms with Gasteiger partial charge in [0.05, 0.1) is 0 Å². The molecule has 0 saturated heterocycles. The highest BCUT2D eigenvalue weighted by atomic mass is 16.4. The van der Waals surface area contributed by atoms with Crippen molar-refractivity contribution in [2.75, 3.05) is 9.80 Å². The molecule has 0 radical (unpaired) electrons. The fourth-order valence-electron chi connectivity index (χ4n) is 5.71. The fraction of sp³-hybridized carbons (Fsp3) is 0. The number of hydrogen-bond acceptors (Lipinski definition) is 6. The summed E-state index contributed by atoms with van der Waals surface area (Å²) in [6, 6.07) is 54.5. The van der Waals surface area contributed by atoms with Gasteiger partial charge in [0.1, 0.15) is 23.3 Å². The molecule has 0 bridgehead atoms. The Balaban J connectivity index is 1.28. The van der Waals surface area contributed by atoms with Crippen molar-refractivity contribution in [3.63, 3.8) is 0 Å². The Morgan fingerprint density at radius 2 is 0.692 bits per heavy atom. The number of hydrogen-bond donors (Lipinski definition) is 2. The standard InChI is InChI=1S/C44H30N4O4/c45-29-35(43(49)50)27-31-11-19-39(20-12-31)47(37-7-3-1-4-8-37)41-23-15-33(16-24-41)34-17-25-42(26-18-34)48(38-9-5-2-6-10-38)40-21-13-32(14-22-40)28-36(30-46)44(51)52/h1-28H,(H,49,50)(H,51,52)/b35-27-,36-28+. The number of carbonyl (C=O) groups is 2. The Morgan fingerprint density at radius 3 is 0.962 bits per heavy atom. The van der Waals surface area contributed by atoms with Gasteiger partial charge in [-0.15, -0.1) is 0 Å². The van der Waals surface area contributed by atoms with E-state index in [1.807, 2.05) is 84.9 Å². The van der Waals surface area contributed by atoms with Crippen LogP contribution in [0.2, 0.25) is 0 Å². The number of carboxylic acids is 2. The Bertz CT molecular complexity index is 2170. The fourth-order valence-corrected chi connectivity index (χ4v) is 5.71.